The molecule has 1 nitrogen and oxygen atoms in total. The molecule has 1 rings (SSSR count). The zero-order valence-corrected chi connectivity index (χ0v) is 7.04. The number of aliphatic hydroxyl groups is 1. The fraction of sp³-hybridized carbons (Fsp3) is 0.400. The van der Waals surface area contributed by atoms with Gasteiger partial charge in [-0.25, -0.2) is 0 Å². The van der Waals surface area contributed by atoms with Crippen molar-refractivity contribution in [2.75, 3.05) is 0 Å². The molecule has 0 unspecified atom stereocenters. The summed E-state index contributed by atoms with van der Waals surface area (Å²) < 4.78 is 0. The fourth-order valence-electron chi connectivity index (χ4n) is 1.16. The first-order valence-electron chi connectivity index (χ1n) is 3.92. The molecule has 60 valence electrons. The second-order valence-electron chi connectivity index (χ2n) is 2.98. The first-order valence-corrected chi connectivity index (χ1v) is 3.92. The number of aliphatic hydroxyl groups excluding tert-OH is 1. The summed E-state index contributed by atoms with van der Waals surface area (Å²) in [5.74, 6) is 0. The zero-order chi connectivity index (χ0) is 8.27. The topological polar surface area (TPSA) is 20.2 Å². The van der Waals surface area contributed by atoms with Crippen LogP contribution >= 0.6 is 0 Å². The summed E-state index contributed by atoms with van der Waals surface area (Å²) in [6.45, 7) is 3.88. The highest BCUT2D eigenvalue weighted by molar-refractivity contribution is 5.25. The quantitative estimate of drug-likeness (QED) is 0.683. The molecule has 0 aliphatic carbocycles. The fourth-order valence-corrected chi connectivity index (χ4v) is 1.16. The van der Waals surface area contributed by atoms with E-state index >= 15 is 0 Å². The van der Waals surface area contributed by atoms with Gasteiger partial charge >= 0.3 is 0 Å². The Morgan fingerprint density at radius 3 is 2.55 bits per heavy atom. The van der Waals surface area contributed by atoms with Crippen molar-refractivity contribution in [3.8, 4) is 0 Å². The van der Waals surface area contributed by atoms with Crippen molar-refractivity contribution in [2.45, 2.75) is 26.4 Å². The second-order valence-corrected chi connectivity index (χ2v) is 2.98. The molecular formula is C10H14O. The van der Waals surface area contributed by atoms with Crippen LogP contribution in [0.5, 0.6) is 0 Å². The summed E-state index contributed by atoms with van der Waals surface area (Å²) in [6, 6.07) is 8.14. The van der Waals surface area contributed by atoms with Gasteiger partial charge in [-0.2, -0.15) is 0 Å². The molecule has 0 radical (unpaired) electrons. The van der Waals surface area contributed by atoms with E-state index in [1.165, 1.54) is 11.1 Å². The van der Waals surface area contributed by atoms with Crippen LogP contribution in [0.2, 0.25) is 0 Å². The van der Waals surface area contributed by atoms with E-state index in [1.807, 2.05) is 19.1 Å². The molecule has 0 amide bonds. The van der Waals surface area contributed by atoms with Crippen LogP contribution in [0, 0.1) is 6.92 Å². The maximum atomic E-state index is 9.13. The summed E-state index contributed by atoms with van der Waals surface area (Å²) in [6.07, 6.45) is 0.517. The highest BCUT2D eigenvalue weighted by atomic mass is 16.3. The normalized spacial score (nSPS) is 13.0. The lowest BCUT2D eigenvalue weighted by molar-refractivity contribution is 0.195. The zero-order valence-electron chi connectivity index (χ0n) is 7.04. The van der Waals surface area contributed by atoms with Gasteiger partial charge in [0.15, 0.2) is 0 Å². The first kappa shape index (κ1) is 8.28. The van der Waals surface area contributed by atoms with Crippen LogP contribution in [-0.4, -0.2) is 11.2 Å². The molecule has 11 heavy (non-hydrogen) atoms. The van der Waals surface area contributed by atoms with Crippen molar-refractivity contribution in [1.29, 1.82) is 0 Å². The van der Waals surface area contributed by atoms with E-state index in [0.717, 1.165) is 6.42 Å². The molecule has 0 saturated carbocycles. The third-order valence-electron chi connectivity index (χ3n) is 1.78. The smallest absolute Gasteiger partial charge is 0.0552 e. The van der Waals surface area contributed by atoms with Crippen LogP contribution in [0.1, 0.15) is 18.1 Å². The molecule has 1 aromatic carbocycles. The lowest BCUT2D eigenvalue weighted by atomic mass is 10.0. The van der Waals surface area contributed by atoms with Gasteiger partial charge in [-0.05, 0) is 31.4 Å². The van der Waals surface area contributed by atoms with Crippen molar-refractivity contribution in [1.82, 2.24) is 0 Å². The number of aryl methyl sites for hydroxylation is 1. The first-order chi connectivity index (χ1) is 5.20. The van der Waals surface area contributed by atoms with Gasteiger partial charge in [0.25, 0.3) is 0 Å². The van der Waals surface area contributed by atoms with Crippen molar-refractivity contribution in [3.63, 3.8) is 0 Å². The van der Waals surface area contributed by atoms with Crippen molar-refractivity contribution in [3.05, 3.63) is 35.4 Å². The average molecular weight is 150 g/mol. The minimum Gasteiger partial charge on any atom is -0.393 e. The minimum absolute atomic E-state index is 0.240. The minimum atomic E-state index is -0.240. The second kappa shape index (κ2) is 3.54. The Morgan fingerprint density at radius 2 is 2.00 bits per heavy atom. The molecule has 0 saturated heterocycles. The van der Waals surface area contributed by atoms with Gasteiger partial charge in [0.05, 0.1) is 6.10 Å². The van der Waals surface area contributed by atoms with Crippen LogP contribution in [0.4, 0.5) is 0 Å². The van der Waals surface area contributed by atoms with Gasteiger partial charge in [-0.15, -0.1) is 0 Å². The molecule has 0 aliphatic heterocycles. The molecule has 1 heteroatoms. The van der Waals surface area contributed by atoms with E-state index in [-0.39, 0.29) is 6.10 Å². The predicted molar refractivity (Wildman–Crippen MR) is 46.6 cm³/mol. The lowest BCUT2D eigenvalue weighted by Gasteiger charge is -2.06. The van der Waals surface area contributed by atoms with Crippen LogP contribution in [0.3, 0.4) is 0 Å². The molecule has 0 aromatic heterocycles. The Labute approximate surface area is 67.7 Å². The maximum absolute atomic E-state index is 9.13. The van der Waals surface area contributed by atoms with E-state index in [4.69, 9.17) is 5.11 Å². The van der Waals surface area contributed by atoms with Crippen LogP contribution in [0.15, 0.2) is 24.3 Å². The standard InChI is InChI=1S/C10H14O/c1-8-5-3-4-6-10(8)7-9(2)11/h3-6,9,11H,7H2,1-2H3/t9-/m0/s1. The average Bonchev–Trinajstić information content (AvgIpc) is 1.93. The van der Waals surface area contributed by atoms with Gasteiger partial charge in [0, 0.05) is 0 Å². The van der Waals surface area contributed by atoms with Gasteiger partial charge in [-0.1, -0.05) is 24.3 Å². The van der Waals surface area contributed by atoms with E-state index in [1.54, 1.807) is 0 Å². The van der Waals surface area contributed by atoms with Crippen molar-refractivity contribution in [2.24, 2.45) is 0 Å². The Kier molecular flexibility index (Phi) is 2.66. The largest absolute Gasteiger partial charge is 0.393 e. The van der Waals surface area contributed by atoms with E-state index in [0.29, 0.717) is 0 Å². The Morgan fingerprint density at radius 1 is 1.36 bits per heavy atom. The summed E-state index contributed by atoms with van der Waals surface area (Å²) in [5, 5.41) is 9.13. The van der Waals surface area contributed by atoms with Crippen LogP contribution < -0.4 is 0 Å². The van der Waals surface area contributed by atoms with E-state index in [2.05, 4.69) is 19.1 Å². The van der Waals surface area contributed by atoms with E-state index in [9.17, 15) is 0 Å². The highest BCUT2D eigenvalue weighted by Gasteiger charge is 2.00. The Balaban J connectivity index is 2.78. The third kappa shape index (κ3) is 2.35. The summed E-state index contributed by atoms with van der Waals surface area (Å²) in [7, 11) is 0. The SMILES string of the molecule is Cc1ccccc1C[C@H](C)O. The molecule has 1 atom stereocenters. The molecule has 0 spiro atoms. The molecule has 0 aliphatic rings. The summed E-state index contributed by atoms with van der Waals surface area (Å²) >= 11 is 0. The monoisotopic (exact) mass is 150 g/mol. The molecular weight excluding hydrogens is 136 g/mol. The lowest BCUT2D eigenvalue weighted by Crippen LogP contribution is -2.05. The van der Waals surface area contributed by atoms with Crippen LogP contribution in [0.25, 0.3) is 0 Å². The van der Waals surface area contributed by atoms with Gasteiger partial charge in [0.2, 0.25) is 0 Å². The van der Waals surface area contributed by atoms with Crippen molar-refractivity contribution >= 4 is 0 Å². The van der Waals surface area contributed by atoms with Crippen molar-refractivity contribution < 1.29 is 5.11 Å². The molecule has 0 bridgehead atoms. The Bertz CT molecular complexity index is 228. The summed E-state index contributed by atoms with van der Waals surface area (Å²) in [5.41, 5.74) is 2.50. The summed E-state index contributed by atoms with van der Waals surface area (Å²) in [4.78, 5) is 0. The Hall–Kier alpha value is -0.820. The molecule has 0 fully saturated rings. The number of hydrogen-bond acceptors (Lipinski definition) is 1. The molecule has 1 N–H and O–H groups in total. The number of benzene rings is 1. The predicted octanol–water partition coefficient (Wildman–Crippen LogP) is 1.92. The van der Waals surface area contributed by atoms with Gasteiger partial charge in [0.1, 0.15) is 0 Å². The number of hydrogen-bond donors (Lipinski definition) is 1. The molecule has 0 heterocycles. The van der Waals surface area contributed by atoms with Gasteiger partial charge in [-0.3, -0.25) is 0 Å². The van der Waals surface area contributed by atoms with E-state index < -0.39 is 0 Å². The van der Waals surface area contributed by atoms with Gasteiger partial charge < -0.3 is 5.11 Å². The third-order valence-corrected chi connectivity index (χ3v) is 1.78. The number of rotatable bonds is 2. The maximum Gasteiger partial charge on any atom is 0.0552 e. The highest BCUT2D eigenvalue weighted by Crippen LogP contribution is 2.08. The van der Waals surface area contributed by atoms with Crippen LogP contribution in [-0.2, 0) is 6.42 Å². The molecule has 1 aromatic rings.